The summed E-state index contributed by atoms with van der Waals surface area (Å²) in [6.45, 7) is 2.63. The number of carbonyl (C=O) groups is 2. The molecule has 1 unspecified atom stereocenters. The van der Waals surface area contributed by atoms with Gasteiger partial charge < -0.3 is 10.1 Å². The number of nitrogens with zero attached hydrogens (tertiary/aromatic N) is 3. The molecule has 1 atom stereocenters. The van der Waals surface area contributed by atoms with Gasteiger partial charge >= 0.3 is 6.18 Å². The van der Waals surface area contributed by atoms with Crippen LogP contribution >= 0.6 is 11.6 Å². The first-order valence-corrected chi connectivity index (χ1v) is 13.6. The molecule has 2 aromatic rings. The van der Waals surface area contributed by atoms with Gasteiger partial charge in [0.15, 0.2) is 0 Å². The van der Waals surface area contributed by atoms with Gasteiger partial charge in [-0.2, -0.15) is 13.2 Å². The number of carbonyl (C=O) groups excluding carboxylic acids is 2. The van der Waals surface area contributed by atoms with Gasteiger partial charge in [-0.3, -0.25) is 24.3 Å². The van der Waals surface area contributed by atoms with Crippen LogP contribution in [0.25, 0.3) is 0 Å². The highest BCUT2D eigenvalue weighted by molar-refractivity contribution is 6.33. The number of likely N-dealkylation sites (tertiary alicyclic amines) is 1. The molecule has 0 aromatic heterocycles. The van der Waals surface area contributed by atoms with Crippen LogP contribution in [0.15, 0.2) is 48.5 Å². The van der Waals surface area contributed by atoms with Gasteiger partial charge in [0.1, 0.15) is 12.6 Å². The predicted molar refractivity (Wildman–Crippen MR) is 142 cm³/mol. The van der Waals surface area contributed by atoms with Crippen LogP contribution in [0.3, 0.4) is 0 Å². The van der Waals surface area contributed by atoms with Gasteiger partial charge in [-0.25, -0.2) is 0 Å². The summed E-state index contributed by atoms with van der Waals surface area (Å²) in [5.41, 5.74) is 1.42. The topological polar surface area (TPSA) is 65.1 Å². The van der Waals surface area contributed by atoms with Crippen molar-refractivity contribution in [1.29, 1.82) is 0 Å². The minimum absolute atomic E-state index is 0.0982. The molecule has 39 heavy (non-hydrogen) atoms. The lowest BCUT2D eigenvalue weighted by Gasteiger charge is -2.40. The lowest BCUT2D eigenvalue weighted by molar-refractivity contribution is -0.140. The van der Waals surface area contributed by atoms with E-state index in [0.29, 0.717) is 68.5 Å². The predicted octanol–water partition coefficient (Wildman–Crippen LogP) is 3.60. The average molecular weight is 565 g/mol. The number of alkyl halides is 3. The second kappa shape index (κ2) is 11.4. The fraction of sp³-hybridized carbons (Fsp3) is 0.500. The van der Waals surface area contributed by atoms with Crippen molar-refractivity contribution in [1.82, 2.24) is 15.1 Å². The first kappa shape index (κ1) is 27.9. The van der Waals surface area contributed by atoms with E-state index in [1.807, 2.05) is 28.4 Å². The maximum absolute atomic E-state index is 14.3. The molecule has 7 nitrogen and oxygen atoms in total. The number of ether oxygens (including phenoxy) is 1. The molecule has 3 aliphatic heterocycles. The van der Waals surface area contributed by atoms with Crippen molar-refractivity contribution in [3.63, 3.8) is 0 Å². The van der Waals surface area contributed by atoms with E-state index in [2.05, 4.69) is 17.0 Å². The van der Waals surface area contributed by atoms with E-state index in [4.69, 9.17) is 16.3 Å². The number of anilines is 1. The van der Waals surface area contributed by atoms with Crippen LogP contribution in [0.1, 0.15) is 24.0 Å². The van der Waals surface area contributed by atoms with Crippen molar-refractivity contribution < 1.29 is 27.5 Å². The van der Waals surface area contributed by atoms with E-state index in [9.17, 15) is 22.8 Å². The number of amides is 2. The zero-order valence-electron chi connectivity index (χ0n) is 21.6. The van der Waals surface area contributed by atoms with Crippen LogP contribution in [0.2, 0.25) is 5.02 Å². The Morgan fingerprint density at radius 3 is 2.36 bits per heavy atom. The normalized spacial score (nSPS) is 20.7. The van der Waals surface area contributed by atoms with E-state index in [1.165, 1.54) is 10.5 Å². The van der Waals surface area contributed by atoms with Crippen LogP contribution in [0, 0.1) is 0 Å². The molecule has 3 aliphatic rings. The third-order valence-electron chi connectivity index (χ3n) is 7.93. The van der Waals surface area contributed by atoms with Gasteiger partial charge in [0.05, 0.1) is 24.3 Å². The Morgan fingerprint density at radius 2 is 1.69 bits per heavy atom. The Hall–Kier alpha value is -2.66. The highest BCUT2D eigenvalue weighted by atomic mass is 35.5. The minimum atomic E-state index is -4.57. The van der Waals surface area contributed by atoms with Crippen molar-refractivity contribution >= 4 is 29.1 Å². The Kier molecular flexibility index (Phi) is 8.19. The number of benzene rings is 2. The minimum Gasteiger partial charge on any atom is -0.379 e. The molecule has 0 saturated carbocycles. The molecule has 1 spiro atoms. The molecule has 2 fully saturated rings. The Morgan fingerprint density at radius 1 is 1.00 bits per heavy atom. The molecular weight excluding hydrogens is 533 g/mol. The largest absolute Gasteiger partial charge is 0.405 e. The molecule has 5 rings (SSSR count). The van der Waals surface area contributed by atoms with Crippen LogP contribution in [0.4, 0.5) is 18.9 Å². The maximum Gasteiger partial charge on any atom is 0.405 e. The summed E-state index contributed by atoms with van der Waals surface area (Å²) in [4.78, 5) is 33.3. The van der Waals surface area contributed by atoms with E-state index >= 15 is 0 Å². The maximum atomic E-state index is 14.3. The fourth-order valence-electron chi connectivity index (χ4n) is 5.96. The van der Waals surface area contributed by atoms with E-state index < -0.39 is 30.1 Å². The molecule has 3 heterocycles. The number of morpholine rings is 1. The monoisotopic (exact) mass is 564 g/mol. The molecule has 2 amide bonds. The lowest BCUT2D eigenvalue weighted by Crippen LogP contribution is -2.59. The van der Waals surface area contributed by atoms with E-state index in [-0.39, 0.29) is 12.5 Å². The number of hydrogen-bond acceptors (Lipinski definition) is 5. The smallest absolute Gasteiger partial charge is 0.379 e. The van der Waals surface area contributed by atoms with Crippen LogP contribution < -0.4 is 10.2 Å². The summed E-state index contributed by atoms with van der Waals surface area (Å²) in [5, 5.41) is 2.46. The lowest BCUT2D eigenvalue weighted by atomic mass is 9.73. The Balaban J connectivity index is 1.44. The molecule has 0 radical (unpaired) electrons. The standard InChI is InChI=1S/C28H32ClF3N4O3/c29-21-7-4-8-22-24(21)27(9-11-34(12-10-27)17-20-5-2-1-3-6-20)26(38)36(22)23(18-35-13-15-39-16-14-35)25(37)33-19-28(30,31)32/h1-8,23H,9-19H2,(H,33,37). The van der Waals surface area contributed by atoms with Crippen molar-refractivity contribution in [3.8, 4) is 0 Å². The molecular formula is C28H32ClF3N4O3. The van der Waals surface area contributed by atoms with Crippen molar-refractivity contribution in [3.05, 3.63) is 64.7 Å². The zero-order valence-corrected chi connectivity index (χ0v) is 22.3. The molecule has 11 heteroatoms. The number of nitrogens with one attached hydrogen (secondary N) is 1. The summed E-state index contributed by atoms with van der Waals surface area (Å²) < 4.78 is 44.5. The summed E-state index contributed by atoms with van der Waals surface area (Å²) in [6.07, 6.45) is -3.57. The number of hydrogen-bond donors (Lipinski definition) is 1. The third kappa shape index (κ3) is 5.94. The average Bonchev–Trinajstić information content (AvgIpc) is 3.16. The summed E-state index contributed by atoms with van der Waals surface area (Å²) in [7, 11) is 0. The zero-order chi connectivity index (χ0) is 27.6. The molecule has 210 valence electrons. The van der Waals surface area contributed by atoms with Crippen LogP contribution in [-0.4, -0.2) is 86.3 Å². The van der Waals surface area contributed by atoms with Gasteiger partial charge in [-0.1, -0.05) is 48.0 Å². The van der Waals surface area contributed by atoms with Crippen molar-refractivity contribution in [2.45, 2.75) is 37.0 Å². The Bertz CT molecular complexity index is 1180. The van der Waals surface area contributed by atoms with E-state index in [0.717, 1.165) is 6.54 Å². The fourth-order valence-corrected chi connectivity index (χ4v) is 6.31. The van der Waals surface area contributed by atoms with Gasteiger partial charge in [-0.05, 0) is 43.6 Å². The summed E-state index contributed by atoms with van der Waals surface area (Å²) >= 11 is 6.72. The third-order valence-corrected chi connectivity index (χ3v) is 8.24. The Labute approximate surface area is 230 Å². The molecule has 2 aromatic carbocycles. The highest BCUT2D eigenvalue weighted by Gasteiger charge is 2.55. The van der Waals surface area contributed by atoms with E-state index in [1.54, 1.807) is 18.2 Å². The number of halogens is 4. The highest BCUT2D eigenvalue weighted by Crippen LogP contribution is 2.51. The second-order valence-electron chi connectivity index (χ2n) is 10.4. The SMILES string of the molecule is O=C(NCC(F)(F)F)C(CN1CCOCC1)N1C(=O)C2(CCN(Cc3ccccc3)CC2)c2c(Cl)cccc21. The number of piperidine rings is 1. The first-order chi connectivity index (χ1) is 18.7. The summed E-state index contributed by atoms with van der Waals surface area (Å²) in [6, 6.07) is 14.1. The van der Waals surface area contributed by atoms with Gasteiger partial charge in [0.25, 0.3) is 0 Å². The molecule has 0 bridgehead atoms. The summed E-state index contributed by atoms with van der Waals surface area (Å²) in [5.74, 6) is -1.11. The molecule has 1 N–H and O–H groups in total. The van der Waals surface area contributed by atoms with Crippen molar-refractivity contribution in [2.75, 3.05) is 57.4 Å². The quantitative estimate of drug-likeness (QED) is 0.557. The van der Waals surface area contributed by atoms with Crippen LogP contribution in [0.5, 0.6) is 0 Å². The first-order valence-electron chi connectivity index (χ1n) is 13.2. The van der Waals surface area contributed by atoms with Gasteiger partial charge in [0, 0.05) is 36.8 Å². The number of rotatable bonds is 7. The van der Waals surface area contributed by atoms with Gasteiger partial charge in [0.2, 0.25) is 11.8 Å². The second-order valence-corrected chi connectivity index (χ2v) is 10.8. The van der Waals surface area contributed by atoms with Gasteiger partial charge in [-0.15, -0.1) is 0 Å². The molecule has 0 aliphatic carbocycles. The number of fused-ring (bicyclic) bond motifs is 2. The van der Waals surface area contributed by atoms with Crippen molar-refractivity contribution in [2.24, 2.45) is 0 Å². The van der Waals surface area contributed by atoms with Crippen LogP contribution in [-0.2, 0) is 26.3 Å². The molecule has 2 saturated heterocycles.